The third-order valence-corrected chi connectivity index (χ3v) is 1.56. The minimum absolute atomic E-state index is 0.274. The van der Waals surface area contributed by atoms with Gasteiger partial charge in [-0.15, -0.1) is 0 Å². The summed E-state index contributed by atoms with van der Waals surface area (Å²) in [7, 11) is 0. The third-order valence-electron chi connectivity index (χ3n) is 1.56. The maximum Gasteiger partial charge on any atom is 0.411 e. The molecule has 74 valence electrons. The molecule has 4 heteroatoms. The van der Waals surface area contributed by atoms with Crippen molar-refractivity contribution in [3.8, 4) is 0 Å². The predicted octanol–water partition coefficient (Wildman–Crippen LogP) is 1.66. The lowest BCUT2D eigenvalue weighted by Crippen LogP contribution is -2.39. The van der Waals surface area contributed by atoms with Gasteiger partial charge in [0.25, 0.3) is 0 Å². The molecule has 0 spiro atoms. The smallest absolute Gasteiger partial charge is 0.411 e. The van der Waals surface area contributed by atoms with Crippen LogP contribution in [0.5, 0.6) is 0 Å². The van der Waals surface area contributed by atoms with Gasteiger partial charge >= 0.3 is 6.09 Å². The molecule has 1 heterocycles. The second-order valence-corrected chi connectivity index (χ2v) is 4.04. The Balaban J connectivity index is 2.43. The highest BCUT2D eigenvalue weighted by Crippen LogP contribution is 2.10. The van der Waals surface area contributed by atoms with Gasteiger partial charge in [0.2, 0.25) is 0 Å². The van der Waals surface area contributed by atoms with Crippen LogP contribution in [0.25, 0.3) is 0 Å². The Hall–Kier alpha value is -1.06. The summed E-state index contributed by atoms with van der Waals surface area (Å²) in [6.45, 7) is 6.71. The molecule has 0 unspecified atom stereocenters. The maximum absolute atomic E-state index is 11.4. The topological polar surface area (TPSA) is 41.9 Å². The minimum atomic E-state index is -0.418. The molecule has 0 aromatic carbocycles. The summed E-state index contributed by atoms with van der Waals surface area (Å²) < 4.78 is 5.19. The molecule has 4 nitrogen and oxygen atoms in total. The van der Waals surface area contributed by atoms with Crippen molar-refractivity contribution >= 4 is 12.3 Å². The first-order valence-corrected chi connectivity index (χ1v) is 4.45. The van der Waals surface area contributed by atoms with Crippen LogP contribution in [0.3, 0.4) is 0 Å². The molecule has 1 amide bonds. The van der Waals surface area contributed by atoms with Gasteiger partial charge in [-0.1, -0.05) is 0 Å². The van der Waals surface area contributed by atoms with E-state index in [-0.39, 0.29) is 6.09 Å². The first-order chi connectivity index (χ1) is 5.99. The molecule has 1 rings (SSSR count). The fraction of sp³-hybridized carbons (Fsp3) is 0.778. The quantitative estimate of drug-likeness (QED) is 0.574. The van der Waals surface area contributed by atoms with E-state index in [0.29, 0.717) is 13.2 Å². The molecule has 13 heavy (non-hydrogen) atoms. The monoisotopic (exact) mass is 184 g/mol. The van der Waals surface area contributed by atoms with E-state index in [1.54, 1.807) is 4.90 Å². The minimum Gasteiger partial charge on any atom is -0.444 e. The Morgan fingerprint density at radius 3 is 2.69 bits per heavy atom. The lowest BCUT2D eigenvalue weighted by atomic mass is 10.2. The summed E-state index contributed by atoms with van der Waals surface area (Å²) in [4.78, 5) is 17.1. The van der Waals surface area contributed by atoms with Crippen molar-refractivity contribution in [2.75, 3.05) is 13.2 Å². The van der Waals surface area contributed by atoms with E-state index in [1.165, 1.54) is 0 Å². The molecule has 1 aliphatic heterocycles. The molecule has 0 aromatic rings. The highest BCUT2D eigenvalue weighted by atomic mass is 16.6. The summed E-state index contributed by atoms with van der Waals surface area (Å²) in [6.07, 6.45) is 2.38. The van der Waals surface area contributed by atoms with Crippen LogP contribution in [0, 0.1) is 0 Å². The second-order valence-electron chi connectivity index (χ2n) is 4.04. The highest BCUT2D eigenvalue weighted by Gasteiger charge is 2.22. The fourth-order valence-corrected chi connectivity index (χ4v) is 1.01. The summed E-state index contributed by atoms with van der Waals surface area (Å²) in [5, 5.41) is 0. The Morgan fingerprint density at radius 1 is 1.54 bits per heavy atom. The Bertz CT molecular complexity index is 218. The molecule has 0 bridgehead atoms. The van der Waals surface area contributed by atoms with Crippen molar-refractivity contribution < 1.29 is 9.53 Å². The molecule has 0 radical (unpaired) electrons. The van der Waals surface area contributed by atoms with Crippen LogP contribution in [0.15, 0.2) is 4.99 Å². The largest absolute Gasteiger partial charge is 0.444 e. The molecule has 0 saturated carbocycles. The molecule has 0 atom stereocenters. The number of hydrogen-bond donors (Lipinski definition) is 0. The Labute approximate surface area is 78.6 Å². The van der Waals surface area contributed by atoms with Gasteiger partial charge in [0.1, 0.15) is 12.3 Å². The van der Waals surface area contributed by atoms with Crippen molar-refractivity contribution in [3.63, 3.8) is 0 Å². The van der Waals surface area contributed by atoms with E-state index in [9.17, 15) is 4.79 Å². The molecule has 0 aromatic heterocycles. The highest BCUT2D eigenvalue weighted by molar-refractivity contribution is 5.70. The van der Waals surface area contributed by atoms with Crippen LogP contribution >= 0.6 is 0 Å². The zero-order valence-corrected chi connectivity index (χ0v) is 8.41. The molecule has 0 saturated heterocycles. The average Bonchev–Trinajstić information content (AvgIpc) is 2.03. The van der Waals surface area contributed by atoms with Crippen molar-refractivity contribution in [1.29, 1.82) is 0 Å². The van der Waals surface area contributed by atoms with Crippen LogP contribution in [0.2, 0.25) is 0 Å². The van der Waals surface area contributed by atoms with Gasteiger partial charge in [0.15, 0.2) is 0 Å². The first kappa shape index (κ1) is 10.0. The third kappa shape index (κ3) is 3.44. The summed E-state index contributed by atoms with van der Waals surface area (Å²) >= 11 is 0. The normalized spacial score (nSPS) is 17.3. The van der Waals surface area contributed by atoms with Crippen molar-refractivity contribution in [2.45, 2.75) is 32.8 Å². The average molecular weight is 184 g/mol. The second kappa shape index (κ2) is 3.77. The lowest BCUT2D eigenvalue weighted by Gasteiger charge is -2.27. The zero-order chi connectivity index (χ0) is 9.90. The van der Waals surface area contributed by atoms with Crippen LogP contribution in [-0.4, -0.2) is 36.0 Å². The number of rotatable bonds is 0. The van der Waals surface area contributed by atoms with Crippen LogP contribution in [-0.2, 0) is 4.74 Å². The summed E-state index contributed by atoms with van der Waals surface area (Å²) in [5.41, 5.74) is -0.418. The number of ether oxygens (including phenoxy) is 1. The van der Waals surface area contributed by atoms with Gasteiger partial charge in [-0.25, -0.2) is 4.79 Å². The Morgan fingerprint density at radius 2 is 2.23 bits per heavy atom. The number of carbonyl (C=O) groups excluding carboxylic acids is 1. The van der Waals surface area contributed by atoms with E-state index < -0.39 is 5.60 Å². The van der Waals surface area contributed by atoms with Gasteiger partial charge in [0, 0.05) is 19.2 Å². The SMILES string of the molecule is CC(C)(C)OC(=O)N1CCC=NC1. The van der Waals surface area contributed by atoms with Gasteiger partial charge in [-0.05, 0) is 20.8 Å². The Kier molecular flexibility index (Phi) is 2.90. The number of nitrogens with zero attached hydrogens (tertiary/aromatic N) is 2. The number of carbonyl (C=O) groups is 1. The number of hydrogen-bond acceptors (Lipinski definition) is 3. The lowest BCUT2D eigenvalue weighted by molar-refractivity contribution is 0.0255. The van der Waals surface area contributed by atoms with E-state index in [1.807, 2.05) is 27.0 Å². The zero-order valence-electron chi connectivity index (χ0n) is 8.41. The number of amides is 1. The predicted molar refractivity (Wildman–Crippen MR) is 50.9 cm³/mol. The van der Waals surface area contributed by atoms with Crippen LogP contribution in [0.1, 0.15) is 27.2 Å². The molecular formula is C9H16N2O2. The van der Waals surface area contributed by atoms with E-state index in [4.69, 9.17) is 4.74 Å². The standard InChI is InChI=1S/C9H16N2O2/c1-9(2,3)13-8(12)11-6-4-5-10-7-11/h5H,4,6-7H2,1-3H3. The molecule has 0 fully saturated rings. The first-order valence-electron chi connectivity index (χ1n) is 4.45. The van der Waals surface area contributed by atoms with Gasteiger partial charge < -0.3 is 4.74 Å². The van der Waals surface area contributed by atoms with E-state index >= 15 is 0 Å². The molecule has 1 aliphatic rings. The van der Waals surface area contributed by atoms with Gasteiger partial charge in [-0.2, -0.15) is 0 Å². The summed E-state index contributed by atoms with van der Waals surface area (Å²) in [5.74, 6) is 0. The number of aliphatic imine (C=N–C) groups is 1. The van der Waals surface area contributed by atoms with Crippen LogP contribution in [0.4, 0.5) is 4.79 Å². The van der Waals surface area contributed by atoms with E-state index in [2.05, 4.69) is 4.99 Å². The molecule has 0 N–H and O–H groups in total. The maximum atomic E-state index is 11.4. The van der Waals surface area contributed by atoms with Crippen molar-refractivity contribution in [2.24, 2.45) is 4.99 Å². The molecular weight excluding hydrogens is 168 g/mol. The summed E-state index contributed by atoms with van der Waals surface area (Å²) in [6, 6.07) is 0. The van der Waals surface area contributed by atoms with Gasteiger partial charge in [0.05, 0.1) is 0 Å². The van der Waals surface area contributed by atoms with Crippen LogP contribution < -0.4 is 0 Å². The van der Waals surface area contributed by atoms with E-state index in [0.717, 1.165) is 6.42 Å². The van der Waals surface area contributed by atoms with Crippen molar-refractivity contribution in [1.82, 2.24) is 4.90 Å². The fourth-order valence-electron chi connectivity index (χ4n) is 1.01. The molecule has 0 aliphatic carbocycles. The van der Waals surface area contributed by atoms with Crippen molar-refractivity contribution in [3.05, 3.63) is 0 Å². The van der Waals surface area contributed by atoms with Gasteiger partial charge in [-0.3, -0.25) is 9.89 Å².